The Labute approximate surface area is 74.8 Å². The SMILES string of the molecule is Cc1nnc(-c2ccccc2O)o1. The lowest BCUT2D eigenvalue weighted by atomic mass is 10.2. The van der Waals surface area contributed by atoms with Crippen molar-refractivity contribution in [1.29, 1.82) is 0 Å². The van der Waals surface area contributed by atoms with Crippen molar-refractivity contribution in [3.63, 3.8) is 0 Å². The van der Waals surface area contributed by atoms with Crippen molar-refractivity contribution in [2.24, 2.45) is 0 Å². The number of aromatic nitrogens is 2. The number of rotatable bonds is 1. The summed E-state index contributed by atoms with van der Waals surface area (Å²) in [5.41, 5.74) is 0.558. The van der Waals surface area contributed by atoms with Crippen LogP contribution in [0, 0.1) is 6.92 Å². The summed E-state index contributed by atoms with van der Waals surface area (Å²) in [4.78, 5) is 0. The molecule has 0 unspecified atom stereocenters. The van der Waals surface area contributed by atoms with Gasteiger partial charge in [0.05, 0.1) is 5.56 Å². The number of hydrogen-bond acceptors (Lipinski definition) is 4. The second-order valence-corrected chi connectivity index (χ2v) is 2.64. The van der Waals surface area contributed by atoms with Gasteiger partial charge in [0.25, 0.3) is 5.89 Å². The first-order chi connectivity index (χ1) is 6.27. The minimum absolute atomic E-state index is 0.145. The van der Waals surface area contributed by atoms with E-state index >= 15 is 0 Å². The summed E-state index contributed by atoms with van der Waals surface area (Å²) < 4.78 is 5.17. The van der Waals surface area contributed by atoms with Gasteiger partial charge in [0.15, 0.2) is 0 Å². The number of phenolic OH excluding ortho intramolecular Hbond substituents is 1. The molecular formula is C9H8N2O2. The molecule has 1 heterocycles. The maximum Gasteiger partial charge on any atom is 0.251 e. The Morgan fingerprint density at radius 3 is 2.62 bits per heavy atom. The number of aryl methyl sites for hydroxylation is 1. The van der Waals surface area contributed by atoms with Gasteiger partial charge in [-0.25, -0.2) is 0 Å². The first kappa shape index (κ1) is 7.79. The fraction of sp³-hybridized carbons (Fsp3) is 0.111. The maximum absolute atomic E-state index is 9.45. The van der Waals surface area contributed by atoms with E-state index in [2.05, 4.69) is 10.2 Å². The molecule has 1 N–H and O–H groups in total. The van der Waals surface area contributed by atoms with Gasteiger partial charge in [-0.2, -0.15) is 0 Å². The number of benzene rings is 1. The molecule has 1 aromatic heterocycles. The number of nitrogens with zero attached hydrogens (tertiary/aromatic N) is 2. The lowest BCUT2D eigenvalue weighted by molar-refractivity contribution is 0.471. The van der Waals surface area contributed by atoms with Crippen LogP contribution in [0.4, 0.5) is 0 Å². The van der Waals surface area contributed by atoms with Gasteiger partial charge >= 0.3 is 0 Å². The van der Waals surface area contributed by atoms with Crippen molar-refractivity contribution >= 4 is 0 Å². The first-order valence-electron chi connectivity index (χ1n) is 3.86. The van der Waals surface area contributed by atoms with Crippen LogP contribution >= 0.6 is 0 Å². The third-order valence-electron chi connectivity index (χ3n) is 1.66. The second kappa shape index (κ2) is 2.90. The summed E-state index contributed by atoms with van der Waals surface area (Å²) >= 11 is 0. The van der Waals surface area contributed by atoms with E-state index in [4.69, 9.17) is 4.42 Å². The molecule has 4 heteroatoms. The Morgan fingerprint density at radius 2 is 2.00 bits per heavy atom. The van der Waals surface area contributed by atoms with Gasteiger partial charge in [0, 0.05) is 6.92 Å². The molecule has 0 saturated heterocycles. The van der Waals surface area contributed by atoms with Crippen LogP contribution in [0.2, 0.25) is 0 Å². The smallest absolute Gasteiger partial charge is 0.251 e. The summed E-state index contributed by atoms with van der Waals surface area (Å²) in [5, 5.41) is 16.9. The Morgan fingerprint density at radius 1 is 1.23 bits per heavy atom. The molecule has 1 aromatic carbocycles. The molecule has 0 amide bonds. The van der Waals surface area contributed by atoms with Crippen molar-refractivity contribution in [2.45, 2.75) is 6.92 Å². The molecule has 0 aliphatic heterocycles. The zero-order chi connectivity index (χ0) is 9.26. The predicted octanol–water partition coefficient (Wildman–Crippen LogP) is 1.75. The zero-order valence-electron chi connectivity index (χ0n) is 7.06. The second-order valence-electron chi connectivity index (χ2n) is 2.64. The molecule has 0 radical (unpaired) electrons. The quantitative estimate of drug-likeness (QED) is 0.719. The lowest BCUT2D eigenvalue weighted by Gasteiger charge is -1.96. The molecular weight excluding hydrogens is 168 g/mol. The standard InChI is InChI=1S/C9H8N2O2/c1-6-10-11-9(13-6)7-4-2-3-5-8(7)12/h2-5,12H,1H3. The van der Waals surface area contributed by atoms with Crippen molar-refractivity contribution in [1.82, 2.24) is 10.2 Å². The van der Waals surface area contributed by atoms with Crippen molar-refractivity contribution in [2.75, 3.05) is 0 Å². The van der Waals surface area contributed by atoms with E-state index in [-0.39, 0.29) is 5.75 Å². The molecule has 0 fully saturated rings. The van der Waals surface area contributed by atoms with Crippen molar-refractivity contribution in [3.8, 4) is 17.2 Å². The Hall–Kier alpha value is -1.84. The molecule has 0 saturated carbocycles. The van der Waals surface area contributed by atoms with E-state index in [9.17, 15) is 5.11 Å². The fourth-order valence-corrected chi connectivity index (χ4v) is 1.06. The van der Waals surface area contributed by atoms with Crippen LogP contribution in [0.1, 0.15) is 5.89 Å². The van der Waals surface area contributed by atoms with Gasteiger partial charge in [-0.05, 0) is 12.1 Å². The summed E-state index contributed by atoms with van der Waals surface area (Å²) in [6, 6.07) is 6.84. The Balaban J connectivity index is 2.52. The van der Waals surface area contributed by atoms with Crippen LogP contribution < -0.4 is 0 Å². The third-order valence-corrected chi connectivity index (χ3v) is 1.66. The summed E-state index contributed by atoms with van der Waals surface area (Å²) in [5.74, 6) is 0.972. The summed E-state index contributed by atoms with van der Waals surface area (Å²) in [6.45, 7) is 1.70. The molecule has 0 aliphatic rings. The van der Waals surface area contributed by atoms with Gasteiger partial charge < -0.3 is 9.52 Å². The minimum atomic E-state index is 0.145. The van der Waals surface area contributed by atoms with Gasteiger partial charge in [-0.3, -0.25) is 0 Å². The van der Waals surface area contributed by atoms with E-state index < -0.39 is 0 Å². The van der Waals surface area contributed by atoms with E-state index in [1.54, 1.807) is 31.2 Å². The number of para-hydroxylation sites is 1. The van der Waals surface area contributed by atoms with E-state index in [1.807, 2.05) is 0 Å². The van der Waals surface area contributed by atoms with Crippen molar-refractivity contribution < 1.29 is 9.52 Å². The van der Waals surface area contributed by atoms with Crippen molar-refractivity contribution in [3.05, 3.63) is 30.2 Å². The molecule has 13 heavy (non-hydrogen) atoms. The van der Waals surface area contributed by atoms with Crippen LogP contribution in [-0.2, 0) is 0 Å². The highest BCUT2D eigenvalue weighted by Gasteiger charge is 2.08. The lowest BCUT2D eigenvalue weighted by Crippen LogP contribution is -1.77. The molecule has 0 bridgehead atoms. The Kier molecular flexibility index (Phi) is 1.73. The summed E-state index contributed by atoms with van der Waals surface area (Å²) in [6.07, 6.45) is 0. The van der Waals surface area contributed by atoms with Crippen LogP contribution in [0.15, 0.2) is 28.7 Å². The average molecular weight is 176 g/mol. The molecule has 0 aliphatic carbocycles. The molecule has 2 aromatic rings. The van der Waals surface area contributed by atoms with E-state index in [0.29, 0.717) is 17.3 Å². The molecule has 0 atom stereocenters. The molecule has 0 spiro atoms. The number of hydrogen-bond donors (Lipinski definition) is 1. The first-order valence-corrected chi connectivity index (χ1v) is 3.86. The fourth-order valence-electron chi connectivity index (χ4n) is 1.06. The third kappa shape index (κ3) is 1.38. The van der Waals surface area contributed by atoms with Crippen LogP contribution in [0.5, 0.6) is 5.75 Å². The predicted molar refractivity (Wildman–Crippen MR) is 46.1 cm³/mol. The van der Waals surface area contributed by atoms with Gasteiger partial charge in [-0.15, -0.1) is 10.2 Å². The number of aromatic hydroxyl groups is 1. The molecule has 2 rings (SSSR count). The van der Waals surface area contributed by atoms with Crippen LogP contribution in [0.25, 0.3) is 11.5 Å². The van der Waals surface area contributed by atoms with E-state index in [0.717, 1.165) is 0 Å². The maximum atomic E-state index is 9.45. The molecule has 66 valence electrons. The average Bonchev–Trinajstić information content (AvgIpc) is 2.53. The topological polar surface area (TPSA) is 59.2 Å². The molecule has 4 nitrogen and oxygen atoms in total. The largest absolute Gasteiger partial charge is 0.507 e. The van der Waals surface area contributed by atoms with Gasteiger partial charge in [0.1, 0.15) is 5.75 Å². The highest BCUT2D eigenvalue weighted by Crippen LogP contribution is 2.26. The highest BCUT2D eigenvalue weighted by molar-refractivity contribution is 5.61. The summed E-state index contributed by atoms with van der Waals surface area (Å²) in [7, 11) is 0. The monoisotopic (exact) mass is 176 g/mol. The van der Waals surface area contributed by atoms with Crippen LogP contribution in [0.3, 0.4) is 0 Å². The highest BCUT2D eigenvalue weighted by atomic mass is 16.4. The van der Waals surface area contributed by atoms with Gasteiger partial charge in [-0.1, -0.05) is 12.1 Å². The van der Waals surface area contributed by atoms with Gasteiger partial charge in [0.2, 0.25) is 5.89 Å². The van der Waals surface area contributed by atoms with E-state index in [1.165, 1.54) is 0 Å². The number of phenols is 1. The normalized spacial score (nSPS) is 10.2. The Bertz CT molecular complexity index is 423. The zero-order valence-corrected chi connectivity index (χ0v) is 7.06. The minimum Gasteiger partial charge on any atom is -0.507 e. The van der Waals surface area contributed by atoms with Crippen LogP contribution in [-0.4, -0.2) is 15.3 Å².